The van der Waals surface area contributed by atoms with Gasteiger partial charge in [-0.1, -0.05) is 32.0 Å². The summed E-state index contributed by atoms with van der Waals surface area (Å²) in [5.74, 6) is 0.847. The van der Waals surface area contributed by atoms with Crippen LogP contribution in [0.2, 0.25) is 0 Å². The maximum Gasteiger partial charge on any atom is 0.127 e. The van der Waals surface area contributed by atoms with Crippen molar-refractivity contribution in [2.45, 2.75) is 45.4 Å². The Kier molecular flexibility index (Phi) is 4.58. The number of aliphatic hydroxyl groups is 1. The van der Waals surface area contributed by atoms with Gasteiger partial charge in [0.05, 0.1) is 6.10 Å². The van der Waals surface area contributed by atoms with Gasteiger partial charge >= 0.3 is 0 Å². The van der Waals surface area contributed by atoms with Crippen LogP contribution in [0.1, 0.15) is 32.3 Å². The lowest BCUT2D eigenvalue weighted by molar-refractivity contribution is -0.0173. The summed E-state index contributed by atoms with van der Waals surface area (Å²) < 4.78 is 13.7. The maximum atomic E-state index is 13.7. The highest BCUT2D eigenvalue weighted by Crippen LogP contribution is 2.32. The fourth-order valence-corrected chi connectivity index (χ4v) is 3.53. The van der Waals surface area contributed by atoms with Crippen molar-refractivity contribution in [1.82, 2.24) is 4.90 Å². The van der Waals surface area contributed by atoms with E-state index in [1.165, 1.54) is 6.07 Å². The van der Waals surface area contributed by atoms with E-state index in [1.807, 2.05) is 19.2 Å². The fraction of sp³-hybridized carbons (Fsp3) is 0.625. The molecule has 0 heterocycles. The van der Waals surface area contributed by atoms with Gasteiger partial charge in [0.1, 0.15) is 5.82 Å². The lowest BCUT2D eigenvalue weighted by atomic mass is 9.77. The van der Waals surface area contributed by atoms with Crippen molar-refractivity contribution in [3.05, 3.63) is 35.6 Å². The minimum absolute atomic E-state index is 0.121. The zero-order valence-corrected chi connectivity index (χ0v) is 12.0. The van der Waals surface area contributed by atoms with Gasteiger partial charge in [-0.15, -0.1) is 0 Å². The van der Waals surface area contributed by atoms with Crippen LogP contribution in [0.15, 0.2) is 24.3 Å². The van der Waals surface area contributed by atoms with E-state index in [4.69, 9.17) is 0 Å². The quantitative estimate of drug-likeness (QED) is 0.908. The Morgan fingerprint density at radius 1 is 1.26 bits per heavy atom. The van der Waals surface area contributed by atoms with Gasteiger partial charge in [-0.2, -0.15) is 0 Å². The van der Waals surface area contributed by atoms with Crippen molar-refractivity contribution in [3.8, 4) is 0 Å². The second-order valence-electron chi connectivity index (χ2n) is 6.12. The van der Waals surface area contributed by atoms with Crippen LogP contribution in [-0.4, -0.2) is 29.2 Å². The monoisotopic (exact) mass is 265 g/mol. The van der Waals surface area contributed by atoms with Crippen molar-refractivity contribution < 1.29 is 9.50 Å². The number of hydrogen-bond acceptors (Lipinski definition) is 2. The molecule has 2 nitrogen and oxygen atoms in total. The number of halogens is 1. The van der Waals surface area contributed by atoms with Crippen LogP contribution < -0.4 is 0 Å². The molecule has 1 fully saturated rings. The van der Waals surface area contributed by atoms with Gasteiger partial charge in [-0.25, -0.2) is 4.39 Å². The van der Waals surface area contributed by atoms with Crippen LogP contribution in [0, 0.1) is 17.7 Å². The molecular formula is C16H24FNO. The number of likely N-dealkylation sites (N-methyl/N-ethyl adjacent to an activating group) is 1. The molecule has 0 bridgehead atoms. The Morgan fingerprint density at radius 3 is 2.58 bits per heavy atom. The molecule has 3 heteroatoms. The van der Waals surface area contributed by atoms with E-state index in [-0.39, 0.29) is 18.0 Å². The topological polar surface area (TPSA) is 23.5 Å². The molecule has 19 heavy (non-hydrogen) atoms. The van der Waals surface area contributed by atoms with E-state index in [2.05, 4.69) is 18.7 Å². The van der Waals surface area contributed by atoms with Gasteiger partial charge in [0, 0.05) is 18.2 Å². The van der Waals surface area contributed by atoms with Gasteiger partial charge < -0.3 is 5.11 Å². The summed E-state index contributed by atoms with van der Waals surface area (Å²) in [4.78, 5) is 2.10. The first kappa shape index (κ1) is 14.5. The van der Waals surface area contributed by atoms with Crippen LogP contribution in [0.5, 0.6) is 0 Å². The van der Waals surface area contributed by atoms with E-state index in [1.54, 1.807) is 6.07 Å². The van der Waals surface area contributed by atoms with Gasteiger partial charge in [-0.05, 0) is 37.8 Å². The van der Waals surface area contributed by atoms with Crippen molar-refractivity contribution in [2.24, 2.45) is 11.8 Å². The highest BCUT2D eigenvalue weighted by molar-refractivity contribution is 5.17. The van der Waals surface area contributed by atoms with E-state index < -0.39 is 0 Å². The predicted octanol–water partition coefficient (Wildman–Crippen LogP) is 3.05. The smallest absolute Gasteiger partial charge is 0.127 e. The molecule has 1 aliphatic carbocycles. The summed E-state index contributed by atoms with van der Waals surface area (Å²) in [6.07, 6.45) is 1.66. The molecule has 4 unspecified atom stereocenters. The third-order valence-corrected chi connectivity index (χ3v) is 4.28. The number of aliphatic hydroxyl groups excluding tert-OH is 1. The average molecular weight is 265 g/mol. The van der Waals surface area contributed by atoms with E-state index in [0.29, 0.717) is 23.9 Å². The van der Waals surface area contributed by atoms with Crippen molar-refractivity contribution in [1.29, 1.82) is 0 Å². The van der Waals surface area contributed by atoms with Gasteiger partial charge in [-0.3, -0.25) is 4.90 Å². The van der Waals surface area contributed by atoms with Gasteiger partial charge in [0.15, 0.2) is 0 Å². The molecule has 2 rings (SSSR count). The molecule has 0 amide bonds. The molecule has 0 spiro atoms. The zero-order valence-electron chi connectivity index (χ0n) is 12.0. The van der Waals surface area contributed by atoms with Gasteiger partial charge in [0.25, 0.3) is 0 Å². The maximum absolute atomic E-state index is 13.7. The number of rotatable bonds is 3. The molecular weight excluding hydrogens is 241 g/mol. The molecule has 4 atom stereocenters. The van der Waals surface area contributed by atoms with Crippen LogP contribution in [0.4, 0.5) is 4.39 Å². The summed E-state index contributed by atoms with van der Waals surface area (Å²) in [5, 5.41) is 10.3. The third kappa shape index (κ3) is 3.34. The molecule has 1 N–H and O–H groups in total. The largest absolute Gasteiger partial charge is 0.391 e. The Balaban J connectivity index is 2.07. The van der Waals surface area contributed by atoms with Crippen LogP contribution in [0.3, 0.4) is 0 Å². The summed E-state index contributed by atoms with van der Waals surface area (Å²) >= 11 is 0. The minimum atomic E-state index is -0.310. The van der Waals surface area contributed by atoms with Crippen molar-refractivity contribution >= 4 is 0 Å². The number of hydrogen-bond donors (Lipinski definition) is 1. The molecule has 0 saturated heterocycles. The highest BCUT2D eigenvalue weighted by Gasteiger charge is 2.35. The molecule has 1 aromatic rings. The SMILES string of the molecule is CC1CC(C)C(N(C)Cc2ccccc2F)C(O)C1. The first-order chi connectivity index (χ1) is 8.99. The van der Waals surface area contributed by atoms with E-state index in [0.717, 1.165) is 12.8 Å². The summed E-state index contributed by atoms with van der Waals surface area (Å²) in [6.45, 7) is 4.92. The fourth-order valence-electron chi connectivity index (χ4n) is 3.53. The third-order valence-electron chi connectivity index (χ3n) is 4.28. The second-order valence-corrected chi connectivity index (χ2v) is 6.12. The Labute approximate surface area is 115 Å². The minimum Gasteiger partial charge on any atom is -0.391 e. The first-order valence-corrected chi connectivity index (χ1v) is 7.10. The summed E-state index contributed by atoms with van der Waals surface area (Å²) in [7, 11) is 1.98. The molecule has 0 aliphatic heterocycles. The summed E-state index contributed by atoms with van der Waals surface area (Å²) in [5.41, 5.74) is 0.697. The number of nitrogens with zero attached hydrogens (tertiary/aromatic N) is 1. The molecule has 0 aromatic heterocycles. The second kappa shape index (κ2) is 6.02. The standard InChI is InChI=1S/C16H24FNO/c1-11-8-12(2)16(15(19)9-11)18(3)10-13-6-4-5-7-14(13)17/h4-7,11-12,15-16,19H,8-10H2,1-3H3. The average Bonchev–Trinajstić information content (AvgIpc) is 2.30. The number of benzene rings is 1. The van der Waals surface area contributed by atoms with E-state index >= 15 is 0 Å². The lowest BCUT2D eigenvalue weighted by Crippen LogP contribution is -2.49. The molecule has 106 valence electrons. The van der Waals surface area contributed by atoms with Crippen LogP contribution in [0.25, 0.3) is 0 Å². The van der Waals surface area contributed by atoms with Crippen LogP contribution in [-0.2, 0) is 6.54 Å². The Morgan fingerprint density at radius 2 is 1.95 bits per heavy atom. The zero-order chi connectivity index (χ0) is 14.0. The molecule has 1 saturated carbocycles. The highest BCUT2D eigenvalue weighted by atomic mass is 19.1. The Bertz CT molecular complexity index is 411. The predicted molar refractivity (Wildman–Crippen MR) is 75.2 cm³/mol. The first-order valence-electron chi connectivity index (χ1n) is 7.10. The normalized spacial score (nSPS) is 31.7. The Hall–Kier alpha value is -0.930. The van der Waals surface area contributed by atoms with Crippen molar-refractivity contribution in [2.75, 3.05) is 7.05 Å². The van der Waals surface area contributed by atoms with Gasteiger partial charge in [0.2, 0.25) is 0 Å². The molecule has 0 radical (unpaired) electrons. The molecule has 1 aliphatic rings. The van der Waals surface area contributed by atoms with E-state index in [9.17, 15) is 9.50 Å². The lowest BCUT2D eigenvalue weighted by Gasteiger charge is -2.42. The summed E-state index contributed by atoms with van der Waals surface area (Å²) in [6, 6.07) is 6.99. The van der Waals surface area contributed by atoms with Crippen LogP contribution >= 0.6 is 0 Å². The van der Waals surface area contributed by atoms with Crippen molar-refractivity contribution in [3.63, 3.8) is 0 Å². The molecule has 1 aromatic carbocycles.